The molecule has 3 aromatic rings. The fourth-order valence-electron chi connectivity index (χ4n) is 3.37. The molecule has 0 bridgehead atoms. The van der Waals surface area contributed by atoms with Crippen LogP contribution in [0.25, 0.3) is 10.9 Å². The van der Waals surface area contributed by atoms with Gasteiger partial charge in [-0.15, -0.1) is 0 Å². The summed E-state index contributed by atoms with van der Waals surface area (Å²) in [4.78, 5) is 12.5. The highest BCUT2D eigenvalue weighted by Crippen LogP contribution is 2.22. The summed E-state index contributed by atoms with van der Waals surface area (Å²) in [6.45, 7) is 7.59. The van der Waals surface area contributed by atoms with E-state index in [0.29, 0.717) is 6.61 Å². The lowest BCUT2D eigenvalue weighted by molar-refractivity contribution is 0.303. The molecule has 0 aliphatic rings. The van der Waals surface area contributed by atoms with Gasteiger partial charge in [0, 0.05) is 18.0 Å². The maximum absolute atomic E-state index is 12.5. The third-order valence-corrected chi connectivity index (χ3v) is 4.53. The molecule has 3 heteroatoms. The standard InChI is InChI=1S/C22H25NO2/c1-16-13-18(3)22-20(14-16)17(2)15-21(24)23(22)11-7-8-12-25-19-9-5-4-6-10-19/h4-6,9-10,13-15H,7-8,11-12H2,1-3H3. The van der Waals surface area contributed by atoms with Crippen LogP contribution in [0.4, 0.5) is 0 Å². The Morgan fingerprint density at radius 2 is 1.68 bits per heavy atom. The van der Waals surface area contributed by atoms with Crippen LogP contribution < -0.4 is 10.3 Å². The summed E-state index contributed by atoms with van der Waals surface area (Å²) in [6, 6.07) is 15.9. The molecule has 0 N–H and O–H groups in total. The van der Waals surface area contributed by atoms with Crippen molar-refractivity contribution in [2.45, 2.75) is 40.2 Å². The molecule has 0 spiro atoms. The quantitative estimate of drug-likeness (QED) is 0.607. The molecule has 0 saturated heterocycles. The molecule has 0 aliphatic heterocycles. The number of unbranched alkanes of at least 4 members (excludes halogenated alkanes) is 1. The number of aryl methyl sites for hydroxylation is 4. The van der Waals surface area contributed by atoms with Crippen molar-refractivity contribution in [1.82, 2.24) is 4.57 Å². The van der Waals surface area contributed by atoms with E-state index in [1.165, 1.54) is 10.9 Å². The fraction of sp³-hybridized carbons (Fsp3) is 0.318. The van der Waals surface area contributed by atoms with Crippen molar-refractivity contribution in [2.75, 3.05) is 6.61 Å². The van der Waals surface area contributed by atoms with E-state index in [0.717, 1.165) is 41.8 Å². The van der Waals surface area contributed by atoms with Gasteiger partial charge in [0.15, 0.2) is 0 Å². The normalized spacial score (nSPS) is 11.0. The van der Waals surface area contributed by atoms with Gasteiger partial charge in [0.05, 0.1) is 12.1 Å². The first-order valence-corrected chi connectivity index (χ1v) is 8.85. The van der Waals surface area contributed by atoms with Crippen LogP contribution >= 0.6 is 0 Å². The van der Waals surface area contributed by atoms with Gasteiger partial charge in [-0.1, -0.05) is 29.8 Å². The van der Waals surface area contributed by atoms with E-state index in [1.807, 2.05) is 41.8 Å². The van der Waals surface area contributed by atoms with Gasteiger partial charge in [-0.25, -0.2) is 0 Å². The van der Waals surface area contributed by atoms with E-state index in [2.05, 4.69) is 26.0 Å². The minimum absolute atomic E-state index is 0.0842. The largest absolute Gasteiger partial charge is 0.494 e. The van der Waals surface area contributed by atoms with E-state index in [1.54, 1.807) is 6.07 Å². The third kappa shape index (κ3) is 3.93. The Labute approximate surface area is 148 Å². The molecule has 3 rings (SSSR count). The smallest absolute Gasteiger partial charge is 0.251 e. The third-order valence-electron chi connectivity index (χ3n) is 4.53. The van der Waals surface area contributed by atoms with Gasteiger partial charge in [-0.05, 0) is 62.9 Å². The van der Waals surface area contributed by atoms with Crippen molar-refractivity contribution >= 4 is 10.9 Å². The first-order valence-electron chi connectivity index (χ1n) is 8.85. The number of hydrogen-bond donors (Lipinski definition) is 0. The number of aromatic nitrogens is 1. The van der Waals surface area contributed by atoms with Crippen LogP contribution in [0.2, 0.25) is 0 Å². The molecule has 0 atom stereocenters. The summed E-state index contributed by atoms with van der Waals surface area (Å²) in [5, 5.41) is 1.18. The molecule has 0 amide bonds. The number of pyridine rings is 1. The second-order valence-electron chi connectivity index (χ2n) is 6.66. The van der Waals surface area contributed by atoms with Gasteiger partial charge >= 0.3 is 0 Å². The van der Waals surface area contributed by atoms with Gasteiger partial charge < -0.3 is 9.30 Å². The van der Waals surface area contributed by atoms with Crippen LogP contribution in [0.5, 0.6) is 5.75 Å². The molecule has 25 heavy (non-hydrogen) atoms. The Morgan fingerprint density at radius 1 is 0.920 bits per heavy atom. The molecule has 1 aromatic heterocycles. The highest BCUT2D eigenvalue weighted by molar-refractivity contribution is 5.86. The van der Waals surface area contributed by atoms with Crippen LogP contribution in [-0.4, -0.2) is 11.2 Å². The van der Waals surface area contributed by atoms with Crippen molar-refractivity contribution in [3.05, 3.63) is 75.6 Å². The Bertz CT molecular complexity index is 926. The van der Waals surface area contributed by atoms with Crippen molar-refractivity contribution < 1.29 is 4.74 Å². The predicted molar refractivity (Wildman–Crippen MR) is 104 cm³/mol. The molecule has 2 aromatic carbocycles. The lowest BCUT2D eigenvalue weighted by atomic mass is 10.0. The average Bonchev–Trinajstić information content (AvgIpc) is 2.58. The number of fused-ring (bicyclic) bond motifs is 1. The van der Waals surface area contributed by atoms with Crippen LogP contribution in [0.1, 0.15) is 29.5 Å². The summed E-state index contributed by atoms with van der Waals surface area (Å²) >= 11 is 0. The molecule has 130 valence electrons. The maximum Gasteiger partial charge on any atom is 0.251 e. The van der Waals surface area contributed by atoms with Gasteiger partial charge in [0.2, 0.25) is 0 Å². The second-order valence-corrected chi connectivity index (χ2v) is 6.66. The number of nitrogens with zero attached hydrogens (tertiary/aromatic N) is 1. The lowest BCUT2D eigenvalue weighted by Crippen LogP contribution is -2.21. The Hall–Kier alpha value is -2.55. The van der Waals surface area contributed by atoms with Crippen LogP contribution in [-0.2, 0) is 6.54 Å². The average molecular weight is 335 g/mol. The van der Waals surface area contributed by atoms with Crippen LogP contribution in [0.3, 0.4) is 0 Å². The molecule has 0 radical (unpaired) electrons. The SMILES string of the molecule is Cc1cc(C)c2c(c1)c(C)cc(=O)n2CCCCOc1ccccc1. The molecule has 0 aliphatic carbocycles. The first kappa shape index (κ1) is 17.3. The zero-order chi connectivity index (χ0) is 17.8. The van der Waals surface area contributed by atoms with E-state index in [4.69, 9.17) is 4.74 Å². The van der Waals surface area contributed by atoms with E-state index < -0.39 is 0 Å². The number of para-hydroxylation sites is 1. The van der Waals surface area contributed by atoms with E-state index in [-0.39, 0.29) is 5.56 Å². The van der Waals surface area contributed by atoms with Gasteiger partial charge in [0.25, 0.3) is 5.56 Å². The van der Waals surface area contributed by atoms with Crippen molar-refractivity contribution in [3.8, 4) is 5.75 Å². The summed E-state index contributed by atoms with van der Waals surface area (Å²) < 4.78 is 7.65. The number of benzene rings is 2. The molecule has 0 fully saturated rings. The monoisotopic (exact) mass is 335 g/mol. The lowest BCUT2D eigenvalue weighted by Gasteiger charge is -2.15. The Balaban J connectivity index is 1.72. The maximum atomic E-state index is 12.5. The van der Waals surface area contributed by atoms with Crippen molar-refractivity contribution in [1.29, 1.82) is 0 Å². The van der Waals surface area contributed by atoms with E-state index >= 15 is 0 Å². The summed E-state index contributed by atoms with van der Waals surface area (Å²) in [6.07, 6.45) is 1.83. The Kier molecular flexibility index (Phi) is 5.22. The summed E-state index contributed by atoms with van der Waals surface area (Å²) in [7, 11) is 0. The molecular formula is C22H25NO2. The van der Waals surface area contributed by atoms with E-state index in [9.17, 15) is 4.79 Å². The van der Waals surface area contributed by atoms with Crippen molar-refractivity contribution in [2.24, 2.45) is 0 Å². The molecule has 3 nitrogen and oxygen atoms in total. The number of ether oxygens (including phenoxy) is 1. The molecular weight excluding hydrogens is 310 g/mol. The van der Waals surface area contributed by atoms with Crippen LogP contribution in [0.15, 0.2) is 53.3 Å². The predicted octanol–water partition coefficient (Wildman–Crippen LogP) is 4.79. The minimum Gasteiger partial charge on any atom is -0.494 e. The fourth-order valence-corrected chi connectivity index (χ4v) is 3.37. The van der Waals surface area contributed by atoms with Crippen LogP contribution in [0, 0.1) is 20.8 Å². The summed E-state index contributed by atoms with van der Waals surface area (Å²) in [5.74, 6) is 0.895. The highest BCUT2D eigenvalue weighted by Gasteiger charge is 2.09. The molecule has 1 heterocycles. The first-order chi connectivity index (χ1) is 12.1. The topological polar surface area (TPSA) is 31.2 Å². The number of hydrogen-bond acceptors (Lipinski definition) is 2. The molecule has 0 saturated carbocycles. The zero-order valence-electron chi connectivity index (χ0n) is 15.2. The van der Waals surface area contributed by atoms with Gasteiger partial charge in [-0.2, -0.15) is 0 Å². The van der Waals surface area contributed by atoms with Gasteiger partial charge in [-0.3, -0.25) is 4.79 Å². The van der Waals surface area contributed by atoms with Gasteiger partial charge in [0.1, 0.15) is 5.75 Å². The number of rotatable bonds is 6. The minimum atomic E-state index is 0.0842. The van der Waals surface area contributed by atoms with Crippen molar-refractivity contribution in [3.63, 3.8) is 0 Å². The molecule has 0 unspecified atom stereocenters. The second kappa shape index (κ2) is 7.56. The zero-order valence-corrected chi connectivity index (χ0v) is 15.2. The summed E-state index contributed by atoms with van der Waals surface area (Å²) in [5.41, 5.74) is 4.60. The Morgan fingerprint density at radius 3 is 2.44 bits per heavy atom. The highest BCUT2D eigenvalue weighted by atomic mass is 16.5.